The Bertz CT molecular complexity index is 593. The molecule has 0 aliphatic rings. The van der Waals surface area contributed by atoms with Crippen molar-refractivity contribution in [3.63, 3.8) is 0 Å². The number of hydrogen-bond donors (Lipinski definition) is 1. The smallest absolute Gasteiger partial charge is 0.335 e. The van der Waals surface area contributed by atoms with Crippen molar-refractivity contribution < 1.29 is 14.1 Å². The van der Waals surface area contributed by atoms with E-state index in [4.69, 9.17) is 5.11 Å². The van der Waals surface area contributed by atoms with E-state index in [9.17, 15) is 9.00 Å². The molecule has 4 nitrogen and oxygen atoms in total. The first-order valence-corrected chi connectivity index (χ1v) is 7.37. The van der Waals surface area contributed by atoms with E-state index in [0.29, 0.717) is 16.2 Å². The lowest BCUT2D eigenvalue weighted by molar-refractivity contribution is 0.0696. The Morgan fingerprint density at radius 1 is 1.50 bits per heavy atom. The standard InChI is InChI=1S/C12H11NO3S2/c1-8-2-3-10(4-11(8)12(14)15)18(16)6-9-5-13-7-17-9/h2-5,7H,6H2,1H3,(H,14,15). The van der Waals surface area contributed by atoms with Crippen LogP contribution in [0.2, 0.25) is 0 Å². The average molecular weight is 281 g/mol. The number of aromatic nitrogens is 1. The van der Waals surface area contributed by atoms with Gasteiger partial charge in [0.2, 0.25) is 0 Å². The molecule has 1 aromatic carbocycles. The lowest BCUT2D eigenvalue weighted by Gasteiger charge is -2.04. The Morgan fingerprint density at radius 3 is 2.89 bits per heavy atom. The summed E-state index contributed by atoms with van der Waals surface area (Å²) in [5, 5.41) is 9.02. The molecule has 0 saturated heterocycles. The van der Waals surface area contributed by atoms with Crippen LogP contribution in [0.4, 0.5) is 0 Å². The van der Waals surface area contributed by atoms with Crippen LogP contribution in [0.15, 0.2) is 34.8 Å². The first-order chi connectivity index (χ1) is 8.58. The summed E-state index contributed by atoms with van der Waals surface area (Å²) in [7, 11) is -1.24. The zero-order valence-corrected chi connectivity index (χ0v) is 11.3. The van der Waals surface area contributed by atoms with Crippen molar-refractivity contribution in [1.29, 1.82) is 0 Å². The number of carboxylic acids is 1. The summed E-state index contributed by atoms with van der Waals surface area (Å²) < 4.78 is 12.1. The first kappa shape index (κ1) is 12.9. The fraction of sp³-hybridized carbons (Fsp3) is 0.167. The van der Waals surface area contributed by atoms with Gasteiger partial charge in [0.1, 0.15) is 0 Å². The molecule has 0 spiro atoms. The molecule has 0 amide bonds. The molecule has 1 unspecified atom stereocenters. The van der Waals surface area contributed by atoms with E-state index >= 15 is 0 Å². The highest BCUT2D eigenvalue weighted by Crippen LogP contribution is 2.18. The van der Waals surface area contributed by atoms with E-state index < -0.39 is 16.8 Å². The summed E-state index contributed by atoms with van der Waals surface area (Å²) in [6, 6.07) is 4.87. The number of carbonyl (C=O) groups is 1. The van der Waals surface area contributed by atoms with Crippen molar-refractivity contribution in [2.75, 3.05) is 0 Å². The van der Waals surface area contributed by atoms with Gasteiger partial charge < -0.3 is 5.11 Å². The highest BCUT2D eigenvalue weighted by molar-refractivity contribution is 7.84. The number of hydrogen-bond acceptors (Lipinski definition) is 4. The highest BCUT2D eigenvalue weighted by atomic mass is 32.2. The molecule has 1 N–H and O–H groups in total. The lowest BCUT2D eigenvalue weighted by atomic mass is 10.1. The van der Waals surface area contributed by atoms with Crippen LogP contribution >= 0.6 is 11.3 Å². The minimum atomic E-state index is -1.24. The maximum absolute atomic E-state index is 12.1. The van der Waals surface area contributed by atoms with E-state index in [1.54, 1.807) is 30.8 Å². The zero-order chi connectivity index (χ0) is 13.1. The Labute approximate surface area is 111 Å². The average Bonchev–Trinajstić information content (AvgIpc) is 2.81. The minimum Gasteiger partial charge on any atom is -0.478 e. The minimum absolute atomic E-state index is 0.199. The molecule has 0 aliphatic heterocycles. The van der Waals surface area contributed by atoms with E-state index in [1.807, 2.05) is 0 Å². The van der Waals surface area contributed by atoms with E-state index in [2.05, 4.69) is 4.98 Å². The van der Waals surface area contributed by atoms with Crippen LogP contribution in [0.5, 0.6) is 0 Å². The molecule has 2 rings (SSSR count). The molecule has 0 fully saturated rings. The van der Waals surface area contributed by atoms with Gasteiger partial charge >= 0.3 is 5.97 Å². The number of carboxylic acid groups (broad SMARTS) is 1. The third kappa shape index (κ3) is 2.83. The molecule has 0 saturated carbocycles. The SMILES string of the molecule is Cc1ccc(S(=O)Cc2cncs2)cc1C(=O)O. The van der Waals surface area contributed by atoms with Crippen LogP contribution in [0.3, 0.4) is 0 Å². The molecule has 18 heavy (non-hydrogen) atoms. The molecule has 1 heterocycles. The molecule has 1 atom stereocenters. The van der Waals surface area contributed by atoms with Crippen molar-refractivity contribution in [2.24, 2.45) is 0 Å². The summed E-state index contributed by atoms with van der Waals surface area (Å²) in [4.78, 5) is 16.4. The predicted molar refractivity (Wildman–Crippen MR) is 70.4 cm³/mol. The summed E-state index contributed by atoms with van der Waals surface area (Å²) in [6.07, 6.45) is 1.68. The van der Waals surface area contributed by atoms with Crippen molar-refractivity contribution in [2.45, 2.75) is 17.6 Å². The number of thiazole rings is 1. The Morgan fingerprint density at radius 2 is 2.28 bits per heavy atom. The van der Waals surface area contributed by atoms with Gasteiger partial charge in [-0.15, -0.1) is 11.3 Å². The molecule has 2 aromatic rings. The zero-order valence-electron chi connectivity index (χ0n) is 9.62. The molecule has 0 bridgehead atoms. The van der Waals surface area contributed by atoms with Crippen molar-refractivity contribution in [3.8, 4) is 0 Å². The van der Waals surface area contributed by atoms with Crippen LogP contribution in [0.1, 0.15) is 20.8 Å². The van der Waals surface area contributed by atoms with Gasteiger partial charge in [-0.3, -0.25) is 9.19 Å². The van der Waals surface area contributed by atoms with Crippen LogP contribution in [0, 0.1) is 6.92 Å². The van der Waals surface area contributed by atoms with Gasteiger partial charge in [-0.1, -0.05) is 6.07 Å². The third-order valence-corrected chi connectivity index (χ3v) is 4.77. The quantitative estimate of drug-likeness (QED) is 0.934. The molecular formula is C12H11NO3S2. The predicted octanol–water partition coefficient (Wildman–Crippen LogP) is 2.46. The maximum atomic E-state index is 12.1. The molecule has 0 aliphatic carbocycles. The van der Waals surface area contributed by atoms with Crippen LogP contribution < -0.4 is 0 Å². The second kappa shape index (κ2) is 5.41. The fourth-order valence-electron chi connectivity index (χ4n) is 1.50. The number of nitrogens with zero attached hydrogens (tertiary/aromatic N) is 1. The van der Waals surface area contributed by atoms with E-state index in [1.165, 1.54) is 17.4 Å². The third-order valence-electron chi connectivity index (χ3n) is 2.46. The van der Waals surface area contributed by atoms with Gasteiger partial charge in [-0.05, 0) is 24.6 Å². The fourth-order valence-corrected chi connectivity index (χ4v) is 3.44. The van der Waals surface area contributed by atoms with Crippen molar-refractivity contribution in [3.05, 3.63) is 45.9 Å². The van der Waals surface area contributed by atoms with Crippen molar-refractivity contribution in [1.82, 2.24) is 4.98 Å². The summed E-state index contributed by atoms with van der Waals surface area (Å²) in [5.74, 6) is -0.628. The number of rotatable bonds is 4. The van der Waals surface area contributed by atoms with Crippen LogP contribution in [-0.4, -0.2) is 20.3 Å². The second-order valence-corrected chi connectivity index (χ2v) is 6.16. The number of aromatic carboxylic acids is 1. The molecule has 94 valence electrons. The molecule has 6 heteroatoms. The van der Waals surface area contributed by atoms with E-state index in [-0.39, 0.29) is 5.56 Å². The van der Waals surface area contributed by atoms with E-state index in [0.717, 1.165) is 4.88 Å². The Balaban J connectivity index is 2.26. The van der Waals surface area contributed by atoms with Gasteiger partial charge in [0.15, 0.2) is 0 Å². The topological polar surface area (TPSA) is 67.3 Å². The van der Waals surface area contributed by atoms with Crippen LogP contribution in [0.25, 0.3) is 0 Å². The first-order valence-electron chi connectivity index (χ1n) is 5.17. The molecule has 1 aromatic heterocycles. The van der Waals surface area contributed by atoms with Crippen molar-refractivity contribution >= 4 is 28.1 Å². The monoisotopic (exact) mass is 281 g/mol. The summed E-state index contributed by atoms with van der Waals surface area (Å²) >= 11 is 1.44. The summed E-state index contributed by atoms with van der Waals surface area (Å²) in [5.41, 5.74) is 2.55. The number of benzene rings is 1. The maximum Gasteiger partial charge on any atom is 0.335 e. The largest absolute Gasteiger partial charge is 0.478 e. The highest BCUT2D eigenvalue weighted by Gasteiger charge is 2.12. The molecule has 0 radical (unpaired) electrons. The van der Waals surface area contributed by atoms with Gasteiger partial charge in [-0.25, -0.2) is 4.79 Å². The molecular weight excluding hydrogens is 270 g/mol. The normalized spacial score (nSPS) is 12.3. The number of aryl methyl sites for hydroxylation is 1. The van der Waals surface area contributed by atoms with Crippen LogP contribution in [-0.2, 0) is 16.6 Å². The van der Waals surface area contributed by atoms with Gasteiger partial charge in [0, 0.05) is 16.0 Å². The Hall–Kier alpha value is -1.53. The van der Waals surface area contributed by atoms with Gasteiger partial charge in [-0.2, -0.15) is 0 Å². The van der Waals surface area contributed by atoms with Gasteiger partial charge in [0.05, 0.1) is 27.6 Å². The van der Waals surface area contributed by atoms with Gasteiger partial charge in [0.25, 0.3) is 0 Å². The summed E-state index contributed by atoms with van der Waals surface area (Å²) in [6.45, 7) is 1.72. The second-order valence-electron chi connectivity index (χ2n) is 3.74. The Kier molecular flexibility index (Phi) is 3.88. The lowest BCUT2D eigenvalue weighted by Crippen LogP contribution is -2.02.